The summed E-state index contributed by atoms with van der Waals surface area (Å²) in [6, 6.07) is 3.26. The van der Waals surface area contributed by atoms with Crippen LogP contribution in [0.3, 0.4) is 0 Å². The van der Waals surface area contributed by atoms with Gasteiger partial charge in [-0.2, -0.15) is 0 Å². The lowest BCUT2D eigenvalue weighted by Gasteiger charge is -2.24. The number of nitro groups is 1. The van der Waals surface area contributed by atoms with Crippen LogP contribution < -0.4 is 10.2 Å². The summed E-state index contributed by atoms with van der Waals surface area (Å²) in [5.74, 6) is -0.952. The molecule has 0 aliphatic rings. The summed E-state index contributed by atoms with van der Waals surface area (Å²) in [5, 5.41) is 13.7. The molecule has 0 heterocycles. The van der Waals surface area contributed by atoms with Gasteiger partial charge in [-0.1, -0.05) is 0 Å². The number of carbonyl (C=O) groups excluding carboxylic acids is 1. The van der Waals surface area contributed by atoms with Crippen molar-refractivity contribution in [3.8, 4) is 0 Å². The summed E-state index contributed by atoms with van der Waals surface area (Å²) >= 11 is 0. The van der Waals surface area contributed by atoms with Crippen molar-refractivity contribution in [1.82, 2.24) is 5.32 Å². The van der Waals surface area contributed by atoms with Gasteiger partial charge in [-0.15, -0.1) is 0 Å². The molecule has 1 rings (SSSR count). The number of rotatable bonds is 4. The first-order chi connectivity index (χ1) is 9.10. The lowest BCUT2D eigenvalue weighted by Crippen LogP contribution is -2.45. The van der Waals surface area contributed by atoms with E-state index in [0.717, 1.165) is 12.1 Å². The molecule has 1 N–H and O–H groups in total. The van der Waals surface area contributed by atoms with Crippen LogP contribution >= 0.6 is 0 Å². The Morgan fingerprint density at radius 3 is 2.55 bits per heavy atom. The predicted octanol–water partition coefficient (Wildman–Crippen LogP) is 2.08. The Morgan fingerprint density at radius 2 is 2.05 bits per heavy atom. The summed E-state index contributed by atoms with van der Waals surface area (Å²) in [5.41, 5.74) is -0.552. The topological polar surface area (TPSA) is 75.5 Å². The van der Waals surface area contributed by atoms with Gasteiger partial charge in [0, 0.05) is 12.6 Å². The second kappa shape index (κ2) is 5.85. The normalized spacial score (nSPS) is 11.1. The van der Waals surface area contributed by atoms with Crippen LogP contribution in [0.2, 0.25) is 0 Å². The molecular formula is C13H18FN3O3. The molecule has 0 aliphatic carbocycles. The standard InChI is InChI=1S/C13H18FN3O3/c1-13(2,3)15-12(18)8-16(4)10-6-5-9(14)7-11(10)17(19)20/h5-7H,8H2,1-4H3,(H,15,18). The molecular weight excluding hydrogens is 265 g/mol. The van der Waals surface area contributed by atoms with Gasteiger partial charge >= 0.3 is 0 Å². The highest BCUT2D eigenvalue weighted by Crippen LogP contribution is 2.27. The van der Waals surface area contributed by atoms with Crippen molar-refractivity contribution in [1.29, 1.82) is 0 Å². The maximum atomic E-state index is 13.1. The van der Waals surface area contributed by atoms with Gasteiger partial charge in [0.15, 0.2) is 0 Å². The average molecular weight is 283 g/mol. The Labute approximate surface area is 116 Å². The van der Waals surface area contributed by atoms with E-state index in [1.54, 1.807) is 7.05 Å². The second-order valence-corrected chi connectivity index (χ2v) is 5.54. The number of likely N-dealkylation sites (N-methyl/N-ethyl adjacent to an activating group) is 1. The summed E-state index contributed by atoms with van der Waals surface area (Å²) in [4.78, 5) is 23.4. The van der Waals surface area contributed by atoms with Crippen molar-refractivity contribution in [3.05, 3.63) is 34.1 Å². The Hall–Kier alpha value is -2.18. The molecule has 1 amide bonds. The third-order valence-corrected chi connectivity index (χ3v) is 2.44. The van der Waals surface area contributed by atoms with Gasteiger partial charge in [-0.25, -0.2) is 4.39 Å². The van der Waals surface area contributed by atoms with E-state index >= 15 is 0 Å². The van der Waals surface area contributed by atoms with Crippen molar-refractivity contribution >= 4 is 17.3 Å². The minimum absolute atomic E-state index is 0.0518. The van der Waals surface area contributed by atoms with Gasteiger partial charge in [0.1, 0.15) is 11.5 Å². The smallest absolute Gasteiger partial charge is 0.295 e. The van der Waals surface area contributed by atoms with Crippen molar-refractivity contribution in [2.24, 2.45) is 0 Å². The van der Waals surface area contributed by atoms with Crippen LogP contribution in [-0.2, 0) is 4.79 Å². The number of benzene rings is 1. The lowest BCUT2D eigenvalue weighted by molar-refractivity contribution is -0.384. The fourth-order valence-corrected chi connectivity index (χ4v) is 1.72. The first-order valence-electron chi connectivity index (χ1n) is 6.06. The van der Waals surface area contributed by atoms with Crippen LogP contribution in [0.1, 0.15) is 20.8 Å². The number of nitrogens with one attached hydrogen (secondary N) is 1. The maximum Gasteiger partial charge on any atom is 0.295 e. The Kier molecular flexibility index (Phi) is 4.65. The zero-order valence-electron chi connectivity index (χ0n) is 11.9. The summed E-state index contributed by atoms with van der Waals surface area (Å²) in [6.07, 6.45) is 0. The maximum absolute atomic E-state index is 13.1. The molecule has 0 spiro atoms. The molecule has 0 aliphatic heterocycles. The Morgan fingerprint density at radius 1 is 1.45 bits per heavy atom. The van der Waals surface area contributed by atoms with Crippen LogP contribution in [0.4, 0.5) is 15.8 Å². The van der Waals surface area contributed by atoms with Crippen LogP contribution in [0.15, 0.2) is 18.2 Å². The third-order valence-electron chi connectivity index (χ3n) is 2.44. The molecule has 20 heavy (non-hydrogen) atoms. The number of hydrogen-bond acceptors (Lipinski definition) is 4. The molecule has 110 valence electrons. The zero-order valence-corrected chi connectivity index (χ0v) is 11.9. The highest BCUT2D eigenvalue weighted by Gasteiger charge is 2.21. The van der Waals surface area contributed by atoms with Gasteiger partial charge in [0.05, 0.1) is 17.5 Å². The molecule has 0 unspecified atom stereocenters. The lowest BCUT2D eigenvalue weighted by atomic mass is 10.1. The van der Waals surface area contributed by atoms with Crippen molar-refractivity contribution in [2.75, 3.05) is 18.5 Å². The third kappa shape index (κ3) is 4.49. The number of halogens is 1. The van der Waals surface area contributed by atoms with Crippen LogP contribution in [-0.4, -0.2) is 30.0 Å². The van der Waals surface area contributed by atoms with E-state index < -0.39 is 10.7 Å². The Balaban J connectivity index is 2.90. The first kappa shape index (κ1) is 15.9. The number of nitro benzene ring substituents is 1. The molecule has 0 saturated heterocycles. The fraction of sp³-hybridized carbons (Fsp3) is 0.462. The molecule has 0 aromatic heterocycles. The number of carbonyl (C=O) groups is 1. The zero-order chi connectivity index (χ0) is 15.5. The van der Waals surface area contributed by atoms with Gasteiger partial charge < -0.3 is 10.2 Å². The quantitative estimate of drug-likeness (QED) is 0.678. The molecule has 0 fully saturated rings. The van der Waals surface area contributed by atoms with E-state index in [-0.39, 0.29) is 29.4 Å². The fourth-order valence-electron chi connectivity index (χ4n) is 1.72. The van der Waals surface area contributed by atoms with Crippen LogP contribution in [0.5, 0.6) is 0 Å². The SMILES string of the molecule is CN(CC(=O)NC(C)(C)C)c1ccc(F)cc1[N+](=O)[O-]. The van der Waals surface area contributed by atoms with E-state index in [4.69, 9.17) is 0 Å². The Bertz CT molecular complexity index is 526. The van der Waals surface area contributed by atoms with Crippen molar-refractivity contribution < 1.29 is 14.1 Å². The van der Waals surface area contributed by atoms with Gasteiger partial charge in [-0.3, -0.25) is 14.9 Å². The molecule has 0 radical (unpaired) electrons. The molecule has 0 saturated carbocycles. The second-order valence-electron chi connectivity index (χ2n) is 5.54. The summed E-state index contributed by atoms with van der Waals surface area (Å²) in [7, 11) is 1.54. The van der Waals surface area contributed by atoms with Gasteiger partial charge in [0.2, 0.25) is 5.91 Å². The summed E-state index contributed by atoms with van der Waals surface area (Å²) in [6.45, 7) is 5.46. The highest BCUT2D eigenvalue weighted by atomic mass is 19.1. The number of hydrogen-bond donors (Lipinski definition) is 1. The molecule has 0 atom stereocenters. The van der Waals surface area contributed by atoms with E-state index in [1.165, 1.54) is 11.0 Å². The van der Waals surface area contributed by atoms with E-state index in [0.29, 0.717) is 0 Å². The molecule has 0 bridgehead atoms. The van der Waals surface area contributed by atoms with Crippen molar-refractivity contribution in [2.45, 2.75) is 26.3 Å². The number of nitrogens with zero attached hydrogens (tertiary/aromatic N) is 2. The van der Waals surface area contributed by atoms with Crippen molar-refractivity contribution in [3.63, 3.8) is 0 Å². The largest absolute Gasteiger partial charge is 0.360 e. The van der Waals surface area contributed by atoms with E-state index in [1.807, 2.05) is 20.8 Å². The van der Waals surface area contributed by atoms with Crippen LogP contribution in [0.25, 0.3) is 0 Å². The molecule has 1 aromatic rings. The minimum Gasteiger partial charge on any atom is -0.360 e. The monoisotopic (exact) mass is 283 g/mol. The molecule has 1 aromatic carbocycles. The first-order valence-corrected chi connectivity index (χ1v) is 6.06. The van der Waals surface area contributed by atoms with Gasteiger partial charge in [0.25, 0.3) is 5.69 Å². The minimum atomic E-state index is -0.687. The predicted molar refractivity (Wildman–Crippen MR) is 74.2 cm³/mol. The average Bonchev–Trinajstić information content (AvgIpc) is 2.25. The van der Waals surface area contributed by atoms with Crippen LogP contribution in [0, 0.1) is 15.9 Å². The number of anilines is 1. The molecule has 6 nitrogen and oxygen atoms in total. The highest BCUT2D eigenvalue weighted by molar-refractivity contribution is 5.82. The van der Waals surface area contributed by atoms with E-state index in [2.05, 4.69) is 5.32 Å². The van der Waals surface area contributed by atoms with E-state index in [9.17, 15) is 19.3 Å². The molecule has 7 heteroatoms. The summed E-state index contributed by atoms with van der Waals surface area (Å²) < 4.78 is 13.1. The number of amides is 1. The van der Waals surface area contributed by atoms with Gasteiger partial charge in [-0.05, 0) is 32.9 Å².